The topological polar surface area (TPSA) is 68.8 Å². The lowest BCUT2D eigenvalue weighted by Gasteiger charge is -2.19. The molecule has 0 bridgehead atoms. The van der Waals surface area contributed by atoms with Gasteiger partial charge in [0, 0.05) is 44.7 Å². The van der Waals surface area contributed by atoms with Crippen molar-refractivity contribution < 1.29 is 18.0 Å². The van der Waals surface area contributed by atoms with Crippen LogP contribution in [0.4, 0.5) is 13.2 Å². The molecule has 0 aromatic heterocycles. The normalized spacial score (nSPS) is 20.3. The average molecular weight is 425 g/mol. The monoisotopic (exact) mass is 425 g/mol. The third kappa shape index (κ3) is 6.90. The highest BCUT2D eigenvalue weighted by Gasteiger charge is 2.30. The van der Waals surface area contributed by atoms with Crippen LogP contribution in [0.1, 0.15) is 37.3 Å². The Kier molecular flexibility index (Phi) is 7.58. The molecule has 0 radical (unpaired) electrons. The average Bonchev–Trinajstić information content (AvgIpc) is 3.46. The third-order valence-corrected chi connectivity index (χ3v) is 5.27. The molecular formula is C21H30F3N5O. The SMILES string of the molecule is CCNC(=NCCNC(=O)C1CC1)NC1CCN(Cc2ccc(C(F)(F)F)cc2)C1. The van der Waals surface area contributed by atoms with Gasteiger partial charge in [0.05, 0.1) is 12.1 Å². The van der Waals surface area contributed by atoms with Crippen LogP contribution in [0.3, 0.4) is 0 Å². The molecule has 1 heterocycles. The Hall–Kier alpha value is -2.29. The first-order chi connectivity index (χ1) is 14.3. The standard InChI is InChI=1S/C21H30F3N5O/c1-2-25-20(27-11-10-26-19(30)16-5-6-16)28-18-9-12-29(14-18)13-15-3-7-17(8-4-15)21(22,23)24/h3-4,7-8,16,18H,2,5-6,9-14H2,1H3,(H,26,30)(H2,25,27,28). The first-order valence-electron chi connectivity index (χ1n) is 10.6. The van der Waals surface area contributed by atoms with Gasteiger partial charge in [0.2, 0.25) is 5.91 Å². The van der Waals surface area contributed by atoms with Crippen LogP contribution in [0.5, 0.6) is 0 Å². The van der Waals surface area contributed by atoms with Gasteiger partial charge in [-0.2, -0.15) is 13.2 Å². The number of halogens is 3. The van der Waals surface area contributed by atoms with Gasteiger partial charge in [0.15, 0.2) is 5.96 Å². The number of carbonyl (C=O) groups excluding carboxylic acids is 1. The summed E-state index contributed by atoms with van der Waals surface area (Å²) in [6.07, 6.45) is -1.39. The lowest BCUT2D eigenvalue weighted by Crippen LogP contribution is -2.45. The van der Waals surface area contributed by atoms with Crippen molar-refractivity contribution in [3.8, 4) is 0 Å². The number of carbonyl (C=O) groups is 1. The van der Waals surface area contributed by atoms with Crippen LogP contribution in [-0.2, 0) is 17.5 Å². The van der Waals surface area contributed by atoms with Crippen LogP contribution in [0.25, 0.3) is 0 Å². The molecule has 1 aliphatic carbocycles. The number of alkyl halides is 3. The molecule has 1 aromatic rings. The van der Waals surface area contributed by atoms with Gasteiger partial charge < -0.3 is 16.0 Å². The lowest BCUT2D eigenvalue weighted by molar-refractivity contribution is -0.137. The van der Waals surface area contributed by atoms with E-state index in [1.165, 1.54) is 0 Å². The molecule has 9 heteroatoms. The summed E-state index contributed by atoms with van der Waals surface area (Å²) in [6, 6.07) is 5.59. The molecule has 166 valence electrons. The van der Waals surface area contributed by atoms with Crippen LogP contribution >= 0.6 is 0 Å². The molecule has 2 fully saturated rings. The molecular weight excluding hydrogens is 395 g/mol. The largest absolute Gasteiger partial charge is 0.416 e. The number of likely N-dealkylation sites (tertiary alicyclic amines) is 1. The summed E-state index contributed by atoms with van der Waals surface area (Å²) in [5.74, 6) is 1.05. The fourth-order valence-corrected chi connectivity index (χ4v) is 3.50. The molecule has 1 saturated heterocycles. The van der Waals surface area contributed by atoms with E-state index in [1.54, 1.807) is 12.1 Å². The summed E-state index contributed by atoms with van der Waals surface area (Å²) in [6.45, 7) is 6.06. The minimum absolute atomic E-state index is 0.123. The highest BCUT2D eigenvalue weighted by atomic mass is 19.4. The number of nitrogens with one attached hydrogen (secondary N) is 3. The number of guanidine groups is 1. The molecule has 1 amide bonds. The Bertz CT molecular complexity index is 731. The summed E-state index contributed by atoms with van der Waals surface area (Å²) in [7, 11) is 0. The summed E-state index contributed by atoms with van der Waals surface area (Å²) >= 11 is 0. The van der Waals surface area contributed by atoms with E-state index in [4.69, 9.17) is 0 Å². The zero-order valence-electron chi connectivity index (χ0n) is 17.3. The number of benzene rings is 1. The van der Waals surface area contributed by atoms with Crippen molar-refractivity contribution in [2.24, 2.45) is 10.9 Å². The number of nitrogens with zero attached hydrogens (tertiary/aromatic N) is 2. The zero-order valence-corrected chi connectivity index (χ0v) is 17.3. The van der Waals surface area contributed by atoms with E-state index in [2.05, 4.69) is 25.8 Å². The van der Waals surface area contributed by atoms with Gasteiger partial charge >= 0.3 is 6.18 Å². The molecule has 1 atom stereocenters. The second-order valence-electron chi connectivity index (χ2n) is 7.89. The van der Waals surface area contributed by atoms with Crippen LogP contribution in [0, 0.1) is 5.92 Å². The minimum atomic E-state index is -4.30. The fraction of sp³-hybridized carbons (Fsp3) is 0.619. The van der Waals surface area contributed by atoms with Gasteiger partial charge in [-0.15, -0.1) is 0 Å². The second-order valence-corrected chi connectivity index (χ2v) is 7.89. The Morgan fingerprint density at radius 3 is 2.53 bits per heavy atom. The van der Waals surface area contributed by atoms with Gasteiger partial charge in [0.25, 0.3) is 0 Å². The van der Waals surface area contributed by atoms with Crippen molar-refractivity contribution in [1.82, 2.24) is 20.9 Å². The number of hydrogen-bond donors (Lipinski definition) is 3. The Morgan fingerprint density at radius 2 is 1.90 bits per heavy atom. The number of rotatable bonds is 8. The quantitative estimate of drug-likeness (QED) is 0.340. The Balaban J connectivity index is 1.43. The molecule has 3 rings (SSSR count). The number of aliphatic imine (C=N–C) groups is 1. The highest BCUT2D eigenvalue weighted by molar-refractivity contribution is 5.81. The molecule has 1 saturated carbocycles. The molecule has 1 unspecified atom stereocenters. The van der Waals surface area contributed by atoms with Gasteiger partial charge in [-0.1, -0.05) is 12.1 Å². The van der Waals surface area contributed by atoms with E-state index < -0.39 is 11.7 Å². The van der Waals surface area contributed by atoms with Crippen molar-refractivity contribution in [2.45, 2.75) is 44.9 Å². The Labute approximate surface area is 175 Å². The van der Waals surface area contributed by atoms with Crippen LogP contribution < -0.4 is 16.0 Å². The first kappa shape index (κ1) is 22.4. The maximum Gasteiger partial charge on any atom is 0.416 e. The summed E-state index contributed by atoms with van der Waals surface area (Å²) < 4.78 is 38.1. The number of hydrogen-bond acceptors (Lipinski definition) is 3. The predicted molar refractivity (Wildman–Crippen MR) is 110 cm³/mol. The summed E-state index contributed by atoms with van der Waals surface area (Å²) in [5.41, 5.74) is 0.252. The van der Waals surface area contributed by atoms with Gasteiger partial charge in [-0.3, -0.25) is 14.7 Å². The minimum Gasteiger partial charge on any atom is -0.357 e. The second kappa shape index (κ2) is 10.1. The van der Waals surface area contributed by atoms with Crippen molar-refractivity contribution in [3.63, 3.8) is 0 Å². The van der Waals surface area contributed by atoms with Gasteiger partial charge in [0.1, 0.15) is 0 Å². The van der Waals surface area contributed by atoms with E-state index >= 15 is 0 Å². The van der Waals surface area contributed by atoms with Gasteiger partial charge in [-0.05, 0) is 43.9 Å². The first-order valence-corrected chi connectivity index (χ1v) is 10.6. The van der Waals surface area contributed by atoms with Crippen LogP contribution in [0.15, 0.2) is 29.3 Å². The van der Waals surface area contributed by atoms with Crippen LogP contribution in [0.2, 0.25) is 0 Å². The smallest absolute Gasteiger partial charge is 0.357 e. The highest BCUT2D eigenvalue weighted by Crippen LogP contribution is 2.29. The molecule has 2 aliphatic rings. The molecule has 0 spiro atoms. The Morgan fingerprint density at radius 1 is 1.17 bits per heavy atom. The number of amides is 1. The maximum absolute atomic E-state index is 12.7. The van der Waals surface area contributed by atoms with E-state index in [1.807, 2.05) is 6.92 Å². The van der Waals surface area contributed by atoms with Crippen molar-refractivity contribution in [3.05, 3.63) is 35.4 Å². The summed E-state index contributed by atoms with van der Waals surface area (Å²) in [4.78, 5) is 18.4. The lowest BCUT2D eigenvalue weighted by atomic mass is 10.1. The van der Waals surface area contributed by atoms with Crippen LogP contribution in [-0.4, -0.2) is 55.5 Å². The van der Waals surface area contributed by atoms with Gasteiger partial charge in [-0.25, -0.2) is 0 Å². The van der Waals surface area contributed by atoms with Crippen molar-refractivity contribution >= 4 is 11.9 Å². The summed E-state index contributed by atoms with van der Waals surface area (Å²) in [5, 5.41) is 9.54. The predicted octanol–water partition coefficient (Wildman–Crippen LogP) is 2.36. The fourth-order valence-electron chi connectivity index (χ4n) is 3.50. The third-order valence-electron chi connectivity index (χ3n) is 5.27. The molecule has 1 aromatic carbocycles. The molecule has 6 nitrogen and oxygen atoms in total. The zero-order chi connectivity index (χ0) is 21.6. The van der Waals surface area contributed by atoms with E-state index in [-0.39, 0.29) is 17.9 Å². The van der Waals surface area contributed by atoms with Crippen molar-refractivity contribution in [2.75, 3.05) is 32.7 Å². The van der Waals surface area contributed by atoms with E-state index in [0.29, 0.717) is 19.6 Å². The van der Waals surface area contributed by atoms with Crippen molar-refractivity contribution in [1.29, 1.82) is 0 Å². The van der Waals surface area contributed by atoms with E-state index in [9.17, 15) is 18.0 Å². The molecule has 3 N–H and O–H groups in total. The maximum atomic E-state index is 12.7. The molecule has 1 aliphatic heterocycles. The molecule has 30 heavy (non-hydrogen) atoms. The van der Waals surface area contributed by atoms with E-state index in [0.717, 1.165) is 62.6 Å².